The SMILES string of the molecule is COCCCNC(=O)NCCc1ccc(Br)cc1. The Morgan fingerprint density at radius 2 is 1.89 bits per heavy atom. The second-order valence-corrected chi connectivity index (χ2v) is 4.82. The normalized spacial score (nSPS) is 10.1. The average molecular weight is 315 g/mol. The first-order valence-corrected chi connectivity index (χ1v) is 6.77. The van der Waals surface area contributed by atoms with E-state index in [1.165, 1.54) is 5.56 Å². The van der Waals surface area contributed by atoms with Crippen LogP contribution in [0.4, 0.5) is 4.79 Å². The molecule has 5 heteroatoms. The van der Waals surface area contributed by atoms with Gasteiger partial charge in [-0.25, -0.2) is 4.79 Å². The van der Waals surface area contributed by atoms with Gasteiger partial charge in [0.15, 0.2) is 0 Å². The summed E-state index contributed by atoms with van der Waals surface area (Å²) in [6.45, 7) is 1.94. The summed E-state index contributed by atoms with van der Waals surface area (Å²) in [5.74, 6) is 0. The van der Waals surface area contributed by atoms with Crippen molar-refractivity contribution in [3.8, 4) is 0 Å². The van der Waals surface area contributed by atoms with Crippen LogP contribution in [-0.2, 0) is 11.2 Å². The van der Waals surface area contributed by atoms with Crippen molar-refractivity contribution in [2.24, 2.45) is 0 Å². The standard InChI is InChI=1S/C13H19BrN2O2/c1-18-10-2-8-15-13(17)16-9-7-11-3-5-12(14)6-4-11/h3-6H,2,7-10H2,1H3,(H2,15,16,17). The maximum Gasteiger partial charge on any atom is 0.314 e. The van der Waals surface area contributed by atoms with E-state index >= 15 is 0 Å². The van der Waals surface area contributed by atoms with Crippen LogP contribution in [0.1, 0.15) is 12.0 Å². The molecular weight excluding hydrogens is 296 g/mol. The summed E-state index contributed by atoms with van der Waals surface area (Å²) in [5, 5.41) is 5.60. The van der Waals surface area contributed by atoms with Crippen molar-refractivity contribution in [2.45, 2.75) is 12.8 Å². The first-order valence-electron chi connectivity index (χ1n) is 5.97. The fraction of sp³-hybridized carbons (Fsp3) is 0.462. The summed E-state index contributed by atoms with van der Waals surface area (Å²) >= 11 is 3.39. The van der Waals surface area contributed by atoms with Crippen LogP contribution in [0.3, 0.4) is 0 Å². The van der Waals surface area contributed by atoms with Gasteiger partial charge in [0.2, 0.25) is 0 Å². The lowest BCUT2D eigenvalue weighted by Crippen LogP contribution is -2.37. The van der Waals surface area contributed by atoms with Gasteiger partial charge in [-0.1, -0.05) is 28.1 Å². The molecule has 1 rings (SSSR count). The number of benzene rings is 1. The van der Waals surface area contributed by atoms with Gasteiger partial charge in [-0.05, 0) is 30.5 Å². The number of rotatable bonds is 7. The number of nitrogens with one attached hydrogen (secondary N) is 2. The largest absolute Gasteiger partial charge is 0.385 e. The Hall–Kier alpha value is -1.07. The van der Waals surface area contributed by atoms with Gasteiger partial charge in [0.1, 0.15) is 0 Å². The summed E-state index contributed by atoms with van der Waals surface area (Å²) in [6, 6.07) is 7.97. The summed E-state index contributed by atoms with van der Waals surface area (Å²) in [4.78, 5) is 11.4. The van der Waals surface area contributed by atoms with Gasteiger partial charge in [0, 0.05) is 31.3 Å². The van der Waals surface area contributed by atoms with Crippen LogP contribution in [0.15, 0.2) is 28.7 Å². The molecule has 0 aliphatic rings. The topological polar surface area (TPSA) is 50.4 Å². The number of hydrogen-bond donors (Lipinski definition) is 2. The van der Waals surface area contributed by atoms with E-state index < -0.39 is 0 Å². The van der Waals surface area contributed by atoms with E-state index in [9.17, 15) is 4.79 Å². The van der Waals surface area contributed by atoms with Crippen LogP contribution < -0.4 is 10.6 Å². The number of ether oxygens (including phenoxy) is 1. The van der Waals surface area contributed by atoms with Gasteiger partial charge in [0.25, 0.3) is 0 Å². The van der Waals surface area contributed by atoms with Crippen LogP contribution in [-0.4, -0.2) is 32.8 Å². The molecule has 2 amide bonds. The quantitative estimate of drug-likeness (QED) is 0.759. The highest BCUT2D eigenvalue weighted by atomic mass is 79.9. The average Bonchev–Trinajstić information content (AvgIpc) is 2.37. The van der Waals surface area contributed by atoms with E-state index in [0.717, 1.165) is 17.3 Å². The summed E-state index contributed by atoms with van der Waals surface area (Å²) in [5.41, 5.74) is 1.21. The van der Waals surface area contributed by atoms with Gasteiger partial charge < -0.3 is 15.4 Å². The highest BCUT2D eigenvalue weighted by Gasteiger charge is 1.99. The highest BCUT2D eigenvalue weighted by Crippen LogP contribution is 2.10. The van der Waals surface area contributed by atoms with Gasteiger partial charge in [-0.15, -0.1) is 0 Å². The first-order chi connectivity index (χ1) is 8.72. The molecule has 0 heterocycles. The lowest BCUT2D eigenvalue weighted by molar-refractivity contribution is 0.193. The number of hydrogen-bond acceptors (Lipinski definition) is 2. The molecule has 0 spiro atoms. The molecular formula is C13H19BrN2O2. The fourth-order valence-corrected chi connectivity index (χ4v) is 1.72. The van der Waals surface area contributed by atoms with Crippen LogP contribution in [0.2, 0.25) is 0 Å². The molecule has 0 radical (unpaired) electrons. The Balaban J connectivity index is 2.10. The number of halogens is 1. The lowest BCUT2D eigenvalue weighted by atomic mass is 10.1. The van der Waals surface area contributed by atoms with Crippen LogP contribution >= 0.6 is 15.9 Å². The number of carbonyl (C=O) groups is 1. The first kappa shape index (κ1) is 15.0. The second-order valence-electron chi connectivity index (χ2n) is 3.91. The van der Waals surface area contributed by atoms with Crippen molar-refractivity contribution in [3.63, 3.8) is 0 Å². The third-order valence-corrected chi connectivity index (χ3v) is 2.95. The molecule has 0 unspecified atom stereocenters. The molecule has 4 nitrogen and oxygen atoms in total. The van der Waals surface area contributed by atoms with E-state index in [1.54, 1.807) is 7.11 Å². The summed E-state index contributed by atoms with van der Waals surface area (Å²) in [7, 11) is 1.65. The van der Waals surface area contributed by atoms with Gasteiger partial charge in [-0.3, -0.25) is 0 Å². The zero-order valence-electron chi connectivity index (χ0n) is 10.5. The van der Waals surface area contributed by atoms with Crippen molar-refractivity contribution in [3.05, 3.63) is 34.3 Å². The molecule has 0 bridgehead atoms. The van der Waals surface area contributed by atoms with Crippen molar-refractivity contribution in [1.29, 1.82) is 0 Å². The minimum atomic E-state index is -0.122. The maximum absolute atomic E-state index is 11.4. The van der Waals surface area contributed by atoms with Gasteiger partial charge in [-0.2, -0.15) is 0 Å². The minimum absolute atomic E-state index is 0.122. The molecule has 0 aromatic heterocycles. The van der Waals surface area contributed by atoms with Crippen LogP contribution in [0.25, 0.3) is 0 Å². The lowest BCUT2D eigenvalue weighted by Gasteiger charge is -2.07. The Kier molecular flexibility index (Phi) is 7.44. The Bertz CT molecular complexity index is 355. The zero-order chi connectivity index (χ0) is 13.2. The van der Waals surface area contributed by atoms with E-state index in [-0.39, 0.29) is 6.03 Å². The summed E-state index contributed by atoms with van der Waals surface area (Å²) < 4.78 is 5.96. The minimum Gasteiger partial charge on any atom is -0.385 e. The molecule has 1 aromatic carbocycles. The van der Waals surface area contributed by atoms with Crippen molar-refractivity contribution >= 4 is 22.0 Å². The van der Waals surface area contributed by atoms with Crippen molar-refractivity contribution in [2.75, 3.05) is 26.8 Å². The van der Waals surface area contributed by atoms with E-state index in [0.29, 0.717) is 19.7 Å². The molecule has 0 fully saturated rings. The van der Waals surface area contributed by atoms with Gasteiger partial charge in [0.05, 0.1) is 0 Å². The van der Waals surface area contributed by atoms with Gasteiger partial charge >= 0.3 is 6.03 Å². The highest BCUT2D eigenvalue weighted by molar-refractivity contribution is 9.10. The Morgan fingerprint density at radius 3 is 2.56 bits per heavy atom. The maximum atomic E-state index is 11.4. The third-order valence-electron chi connectivity index (χ3n) is 2.42. The zero-order valence-corrected chi connectivity index (χ0v) is 12.1. The molecule has 18 heavy (non-hydrogen) atoms. The monoisotopic (exact) mass is 314 g/mol. The molecule has 0 aliphatic carbocycles. The van der Waals surface area contributed by atoms with E-state index in [1.807, 2.05) is 24.3 Å². The van der Waals surface area contributed by atoms with Crippen LogP contribution in [0.5, 0.6) is 0 Å². The predicted octanol–water partition coefficient (Wildman–Crippen LogP) is 2.33. The molecule has 0 saturated heterocycles. The van der Waals surface area contributed by atoms with E-state index in [2.05, 4.69) is 26.6 Å². The summed E-state index contributed by atoms with van der Waals surface area (Å²) in [6.07, 6.45) is 1.66. The van der Waals surface area contributed by atoms with Crippen LogP contribution in [0, 0.1) is 0 Å². The number of amides is 2. The molecule has 1 aromatic rings. The number of carbonyl (C=O) groups excluding carboxylic acids is 1. The predicted molar refractivity (Wildman–Crippen MR) is 75.7 cm³/mol. The molecule has 0 aliphatic heterocycles. The van der Waals surface area contributed by atoms with E-state index in [4.69, 9.17) is 4.74 Å². The fourth-order valence-electron chi connectivity index (χ4n) is 1.45. The molecule has 0 atom stereocenters. The Morgan fingerprint density at radius 1 is 1.22 bits per heavy atom. The molecule has 0 saturated carbocycles. The number of urea groups is 1. The molecule has 2 N–H and O–H groups in total. The third kappa shape index (κ3) is 6.61. The Labute approximate surface area is 116 Å². The molecule has 100 valence electrons. The van der Waals surface area contributed by atoms with Crippen molar-refractivity contribution < 1.29 is 9.53 Å². The number of methoxy groups -OCH3 is 1. The second kappa shape index (κ2) is 8.94. The smallest absolute Gasteiger partial charge is 0.314 e. The van der Waals surface area contributed by atoms with Crippen molar-refractivity contribution in [1.82, 2.24) is 10.6 Å².